The van der Waals surface area contributed by atoms with E-state index in [2.05, 4.69) is 0 Å². The van der Waals surface area contributed by atoms with Crippen molar-refractivity contribution in [1.82, 2.24) is 4.90 Å². The Labute approximate surface area is 179 Å². The molecule has 4 rings (SSSR count). The molecule has 0 aliphatic carbocycles. The maximum atomic E-state index is 13.0. The van der Waals surface area contributed by atoms with Gasteiger partial charge in [0.1, 0.15) is 11.5 Å². The lowest BCUT2D eigenvalue weighted by Gasteiger charge is -2.25. The smallest absolute Gasteiger partial charge is 0.295 e. The van der Waals surface area contributed by atoms with Crippen molar-refractivity contribution in [2.45, 2.75) is 13.0 Å². The van der Waals surface area contributed by atoms with Gasteiger partial charge in [0.15, 0.2) is 11.5 Å². The lowest BCUT2D eigenvalue weighted by atomic mass is 9.95. The number of nitrogens with zero attached hydrogens (tertiary/aromatic N) is 1. The van der Waals surface area contributed by atoms with Crippen LogP contribution in [0, 0.1) is 0 Å². The Hall–Kier alpha value is -3.52. The molecule has 8 nitrogen and oxygen atoms in total. The van der Waals surface area contributed by atoms with Crippen LogP contribution in [-0.4, -0.2) is 55.4 Å². The number of Topliss-reactive ketones (excluding diaryl/α,β-unsaturated/α-hetero) is 1. The lowest BCUT2D eigenvalue weighted by molar-refractivity contribution is -0.140. The number of aliphatic hydroxyl groups is 1. The molecule has 0 bridgehead atoms. The van der Waals surface area contributed by atoms with Gasteiger partial charge in [-0.2, -0.15) is 0 Å². The minimum Gasteiger partial charge on any atom is -0.507 e. The van der Waals surface area contributed by atoms with Crippen LogP contribution in [0.3, 0.4) is 0 Å². The number of hydrogen-bond acceptors (Lipinski definition) is 7. The van der Waals surface area contributed by atoms with E-state index in [4.69, 9.17) is 18.9 Å². The molecule has 2 aliphatic rings. The molecule has 0 aromatic heterocycles. The number of methoxy groups -OCH3 is 1. The highest BCUT2D eigenvalue weighted by Gasteiger charge is 2.46. The molecular formula is C23H23NO7. The number of ether oxygens (including phenoxy) is 4. The highest BCUT2D eigenvalue weighted by atomic mass is 16.7. The van der Waals surface area contributed by atoms with Crippen LogP contribution in [0.25, 0.3) is 5.76 Å². The van der Waals surface area contributed by atoms with Crippen molar-refractivity contribution in [2.75, 3.05) is 33.7 Å². The van der Waals surface area contributed by atoms with E-state index in [9.17, 15) is 14.7 Å². The molecule has 2 aliphatic heterocycles. The van der Waals surface area contributed by atoms with Crippen molar-refractivity contribution < 1.29 is 33.6 Å². The molecule has 2 heterocycles. The number of hydrogen-bond donors (Lipinski definition) is 1. The predicted octanol–water partition coefficient (Wildman–Crippen LogP) is 2.88. The summed E-state index contributed by atoms with van der Waals surface area (Å²) in [6.07, 6.45) is 0. The first-order chi connectivity index (χ1) is 15.0. The van der Waals surface area contributed by atoms with E-state index >= 15 is 0 Å². The number of benzene rings is 2. The highest BCUT2D eigenvalue weighted by Crippen LogP contribution is 2.41. The zero-order valence-corrected chi connectivity index (χ0v) is 17.3. The zero-order valence-electron chi connectivity index (χ0n) is 17.3. The predicted molar refractivity (Wildman–Crippen MR) is 111 cm³/mol. The Balaban J connectivity index is 1.80. The highest BCUT2D eigenvalue weighted by molar-refractivity contribution is 6.46. The first kappa shape index (κ1) is 20.7. The van der Waals surface area contributed by atoms with Crippen LogP contribution >= 0.6 is 0 Å². The van der Waals surface area contributed by atoms with Gasteiger partial charge in [-0.15, -0.1) is 0 Å². The number of fused-ring (bicyclic) bond motifs is 1. The van der Waals surface area contributed by atoms with E-state index in [0.29, 0.717) is 35.0 Å². The summed E-state index contributed by atoms with van der Waals surface area (Å²) in [5.74, 6) is 0.00476. The van der Waals surface area contributed by atoms with Gasteiger partial charge in [0, 0.05) is 19.2 Å². The molecule has 162 valence electrons. The van der Waals surface area contributed by atoms with Crippen molar-refractivity contribution >= 4 is 17.4 Å². The molecule has 1 fully saturated rings. The molecule has 1 saturated heterocycles. The second-order valence-corrected chi connectivity index (χ2v) is 7.06. The topological polar surface area (TPSA) is 94.5 Å². The zero-order chi connectivity index (χ0) is 22.0. The van der Waals surface area contributed by atoms with Crippen molar-refractivity contribution in [2.24, 2.45) is 0 Å². The summed E-state index contributed by atoms with van der Waals surface area (Å²) in [4.78, 5) is 27.2. The molecule has 2 aromatic rings. The summed E-state index contributed by atoms with van der Waals surface area (Å²) in [7, 11) is 1.52. The maximum Gasteiger partial charge on any atom is 0.295 e. The van der Waals surface area contributed by atoms with E-state index in [1.807, 2.05) is 6.92 Å². The molecule has 1 N–H and O–H groups in total. The van der Waals surface area contributed by atoms with Gasteiger partial charge in [-0.1, -0.05) is 12.1 Å². The quantitative estimate of drug-likeness (QED) is 0.414. The first-order valence-corrected chi connectivity index (χ1v) is 9.95. The standard InChI is InChI=1S/C23H23NO7/c1-3-29-16-7-4-14(5-8-16)20-19(22(26)23(27)24(20)10-11-28-2)21(25)15-6-9-17-18(12-15)31-13-30-17/h4-9,12,20,25H,3,10-11,13H2,1-2H3/b21-19-. The number of amides is 1. The van der Waals surface area contributed by atoms with Crippen molar-refractivity contribution in [3.05, 3.63) is 59.2 Å². The maximum absolute atomic E-state index is 13.0. The summed E-state index contributed by atoms with van der Waals surface area (Å²) in [5.41, 5.74) is 1.06. The fourth-order valence-electron chi connectivity index (χ4n) is 3.76. The van der Waals surface area contributed by atoms with Gasteiger partial charge in [0.25, 0.3) is 11.7 Å². The van der Waals surface area contributed by atoms with Crippen molar-refractivity contribution in [3.8, 4) is 17.2 Å². The Kier molecular flexibility index (Phi) is 5.81. The van der Waals surface area contributed by atoms with Crippen molar-refractivity contribution in [1.29, 1.82) is 0 Å². The first-order valence-electron chi connectivity index (χ1n) is 9.95. The molecule has 1 atom stereocenters. The fraction of sp³-hybridized carbons (Fsp3) is 0.304. The van der Waals surface area contributed by atoms with Crippen LogP contribution in [0.15, 0.2) is 48.0 Å². The van der Waals surface area contributed by atoms with Crippen LogP contribution in [0.2, 0.25) is 0 Å². The second kappa shape index (κ2) is 8.69. The molecule has 1 amide bonds. The number of carbonyl (C=O) groups is 2. The van der Waals surface area contributed by atoms with Crippen LogP contribution in [0.4, 0.5) is 0 Å². The summed E-state index contributed by atoms with van der Waals surface area (Å²) in [6.45, 7) is 2.96. The Morgan fingerprint density at radius 3 is 2.58 bits per heavy atom. The molecule has 0 radical (unpaired) electrons. The Bertz CT molecular complexity index is 1030. The number of ketones is 1. The molecule has 1 unspecified atom stereocenters. The summed E-state index contributed by atoms with van der Waals surface area (Å²) < 4.78 is 21.3. The molecule has 2 aromatic carbocycles. The minimum atomic E-state index is -0.753. The minimum absolute atomic E-state index is 0.0177. The largest absolute Gasteiger partial charge is 0.507 e. The number of carbonyl (C=O) groups excluding carboxylic acids is 2. The monoisotopic (exact) mass is 425 g/mol. The fourth-order valence-corrected chi connectivity index (χ4v) is 3.76. The lowest BCUT2D eigenvalue weighted by Crippen LogP contribution is -2.32. The average Bonchev–Trinajstić information content (AvgIpc) is 3.35. The average molecular weight is 425 g/mol. The third-order valence-electron chi connectivity index (χ3n) is 5.23. The van der Waals surface area contributed by atoms with E-state index < -0.39 is 17.7 Å². The van der Waals surface area contributed by atoms with Gasteiger partial charge in [-0.25, -0.2) is 0 Å². The third kappa shape index (κ3) is 3.82. The van der Waals surface area contributed by atoms with Crippen LogP contribution in [-0.2, 0) is 14.3 Å². The summed E-state index contributed by atoms with van der Waals surface area (Å²) in [5, 5.41) is 11.1. The van der Waals surface area contributed by atoms with Crippen LogP contribution in [0.1, 0.15) is 24.1 Å². The van der Waals surface area contributed by atoms with Gasteiger partial charge in [-0.05, 0) is 42.8 Å². The van der Waals surface area contributed by atoms with Crippen LogP contribution < -0.4 is 14.2 Å². The summed E-state index contributed by atoms with van der Waals surface area (Å²) in [6, 6.07) is 11.2. The Morgan fingerprint density at radius 1 is 1.13 bits per heavy atom. The van der Waals surface area contributed by atoms with Gasteiger partial charge in [0.05, 0.1) is 24.8 Å². The van der Waals surface area contributed by atoms with E-state index in [1.165, 1.54) is 12.0 Å². The summed E-state index contributed by atoms with van der Waals surface area (Å²) >= 11 is 0. The second-order valence-electron chi connectivity index (χ2n) is 7.06. The number of rotatable bonds is 7. The SMILES string of the molecule is CCOc1ccc(C2/C(=C(/O)c3ccc4c(c3)OCO4)C(=O)C(=O)N2CCOC)cc1. The van der Waals surface area contributed by atoms with Crippen molar-refractivity contribution in [3.63, 3.8) is 0 Å². The molecule has 0 saturated carbocycles. The molecular weight excluding hydrogens is 402 g/mol. The van der Waals surface area contributed by atoms with Gasteiger partial charge in [0.2, 0.25) is 6.79 Å². The van der Waals surface area contributed by atoms with E-state index in [1.54, 1.807) is 42.5 Å². The van der Waals surface area contributed by atoms with Gasteiger partial charge < -0.3 is 29.0 Å². The number of likely N-dealkylation sites (tertiary alicyclic amines) is 1. The third-order valence-corrected chi connectivity index (χ3v) is 5.23. The molecule has 31 heavy (non-hydrogen) atoms. The van der Waals surface area contributed by atoms with Gasteiger partial charge in [-0.3, -0.25) is 9.59 Å². The number of aliphatic hydroxyl groups excluding tert-OH is 1. The Morgan fingerprint density at radius 2 is 1.87 bits per heavy atom. The molecule has 0 spiro atoms. The normalized spacial score (nSPS) is 19.2. The van der Waals surface area contributed by atoms with E-state index in [0.717, 1.165) is 0 Å². The van der Waals surface area contributed by atoms with Crippen LogP contribution in [0.5, 0.6) is 17.2 Å². The van der Waals surface area contributed by atoms with Gasteiger partial charge >= 0.3 is 0 Å². The molecule has 8 heteroatoms. The van der Waals surface area contributed by atoms with E-state index in [-0.39, 0.29) is 31.3 Å².